The molecule has 55 heteroatoms. The molecule has 3 aliphatic heterocycles. The molecule has 14 atom stereocenters. The summed E-state index contributed by atoms with van der Waals surface area (Å²) in [5.41, 5.74) is 0. The number of hydrogen-bond donors (Lipinski definition) is 10. The SMILES string of the molecule is O=S(=O)(O)OC[C@H]1O[C@@H](OC[C@H]2O[C@H](COS(=O)(=O)O)[C@@H](OS(=O)(=O)O)[C@@H]2OS(=O)(=O)O)[C@H](OS(=O)(=O)O)[C@@H](OS(=O)(=O)O)[C@@H]1O[C@H]1O[C@H](COS(=O)(=O)O)[C@@H](OS(=O)(=O)O)[C@H](OS(=O)(=O)O)[C@H]1OS(=O)(=O)O. The van der Waals surface area contributed by atoms with E-state index in [-0.39, 0.29) is 0 Å². The predicted molar refractivity (Wildman–Crippen MR) is 204 cm³/mol. The zero-order valence-electron chi connectivity index (χ0n) is 33.8. The highest BCUT2D eigenvalue weighted by Gasteiger charge is 2.59. The molecule has 0 spiro atoms. The molecule has 434 valence electrons. The van der Waals surface area contributed by atoms with Crippen LogP contribution in [0.1, 0.15) is 0 Å². The van der Waals surface area contributed by atoms with E-state index in [2.05, 4.69) is 41.8 Å². The highest BCUT2D eigenvalue weighted by molar-refractivity contribution is 7.83. The largest absolute Gasteiger partial charge is 0.397 e. The third-order valence-corrected chi connectivity index (χ3v) is 12.6. The summed E-state index contributed by atoms with van der Waals surface area (Å²) in [5.74, 6) is 0. The Morgan fingerprint density at radius 2 is 0.493 bits per heavy atom. The van der Waals surface area contributed by atoms with Crippen molar-refractivity contribution >= 4 is 104 Å². The molecule has 45 nitrogen and oxygen atoms in total. The minimum atomic E-state index is -6.38. The molecule has 0 aromatic heterocycles. The van der Waals surface area contributed by atoms with Gasteiger partial charge in [-0.05, 0) is 0 Å². The molecule has 3 rings (SSSR count). The van der Waals surface area contributed by atoms with Gasteiger partial charge in [-0.2, -0.15) is 84.2 Å². The van der Waals surface area contributed by atoms with Crippen LogP contribution in [0.5, 0.6) is 0 Å². The van der Waals surface area contributed by atoms with Crippen LogP contribution in [0.3, 0.4) is 0 Å². The third kappa shape index (κ3) is 24.4. The Bertz CT molecular complexity index is 3090. The molecule has 0 bridgehead atoms. The molecule has 0 amide bonds. The van der Waals surface area contributed by atoms with E-state index in [1.807, 2.05) is 0 Å². The fourth-order valence-corrected chi connectivity index (χ4v) is 10.5. The third-order valence-electron chi connectivity index (χ3n) is 8.08. The van der Waals surface area contributed by atoms with Gasteiger partial charge >= 0.3 is 104 Å². The van der Waals surface area contributed by atoms with Crippen LogP contribution in [-0.4, -0.2) is 242 Å². The van der Waals surface area contributed by atoms with Gasteiger partial charge in [0, 0.05) is 0 Å². The maximum absolute atomic E-state index is 12.3. The van der Waals surface area contributed by atoms with Crippen molar-refractivity contribution in [2.24, 2.45) is 0 Å². The maximum Gasteiger partial charge on any atom is 0.397 e. The smallest absolute Gasteiger partial charge is 0.364 e. The normalized spacial score (nSPS) is 31.9. The summed E-state index contributed by atoms with van der Waals surface area (Å²) in [7, 11) is -60.5. The molecule has 0 aliphatic carbocycles. The van der Waals surface area contributed by atoms with E-state index >= 15 is 0 Å². The van der Waals surface area contributed by atoms with Gasteiger partial charge in [-0.3, -0.25) is 45.5 Å². The van der Waals surface area contributed by atoms with Gasteiger partial charge in [-0.15, -0.1) is 0 Å². The van der Waals surface area contributed by atoms with Crippen molar-refractivity contribution in [3.8, 4) is 0 Å². The second-order valence-electron chi connectivity index (χ2n) is 13.3. The molecule has 3 heterocycles. The van der Waals surface area contributed by atoms with Gasteiger partial charge in [-0.25, -0.2) is 41.8 Å². The predicted octanol–water partition coefficient (Wildman–Crippen LogP) is -8.62. The molecular weight excluding hydrogens is 1260 g/mol. The number of ether oxygens (including phenoxy) is 5. The first kappa shape index (κ1) is 65.8. The summed E-state index contributed by atoms with van der Waals surface area (Å²) in [6.07, 6.45) is -43.5. The van der Waals surface area contributed by atoms with Crippen molar-refractivity contribution in [1.82, 2.24) is 0 Å². The number of rotatable bonds is 28. The van der Waals surface area contributed by atoms with Crippen LogP contribution in [0.4, 0.5) is 0 Å². The van der Waals surface area contributed by atoms with E-state index in [9.17, 15) is 121 Å². The Morgan fingerprint density at radius 1 is 0.260 bits per heavy atom. The topological polar surface area (TPSA) is 682 Å². The second-order valence-corrected chi connectivity index (χ2v) is 23.9. The van der Waals surface area contributed by atoms with Crippen molar-refractivity contribution < 1.29 is 195 Å². The lowest BCUT2D eigenvalue weighted by atomic mass is 9.97. The minimum Gasteiger partial charge on any atom is -0.364 e. The summed E-state index contributed by atoms with van der Waals surface area (Å²) in [6, 6.07) is 0. The average molecular weight is 1290 g/mol. The highest BCUT2D eigenvalue weighted by atomic mass is 32.3. The fourth-order valence-electron chi connectivity index (χ4n) is 6.06. The van der Waals surface area contributed by atoms with Crippen LogP contribution < -0.4 is 0 Å². The van der Waals surface area contributed by atoms with Gasteiger partial charge in [-0.1, -0.05) is 0 Å². The van der Waals surface area contributed by atoms with Crippen LogP contribution in [0.25, 0.3) is 0 Å². The minimum absolute atomic E-state index is 1.67. The van der Waals surface area contributed by atoms with Gasteiger partial charge in [0.15, 0.2) is 24.8 Å². The zero-order chi connectivity index (χ0) is 56.5. The first-order valence-electron chi connectivity index (χ1n) is 17.1. The van der Waals surface area contributed by atoms with Gasteiger partial charge < -0.3 is 23.7 Å². The Kier molecular flexibility index (Phi) is 21.5. The van der Waals surface area contributed by atoms with Crippen LogP contribution in [0, 0.1) is 0 Å². The van der Waals surface area contributed by atoms with Crippen LogP contribution in [0.2, 0.25) is 0 Å². The van der Waals surface area contributed by atoms with Crippen LogP contribution in [-0.2, 0) is 170 Å². The second kappa shape index (κ2) is 23.8. The van der Waals surface area contributed by atoms with Gasteiger partial charge in [0.1, 0.15) is 61.0 Å². The summed E-state index contributed by atoms with van der Waals surface area (Å²) >= 11 is 0. The monoisotopic (exact) mass is 1290 g/mol. The summed E-state index contributed by atoms with van der Waals surface area (Å²) < 4.78 is 398. The molecular formula is C18H32O45S10. The summed E-state index contributed by atoms with van der Waals surface area (Å²) in [4.78, 5) is 0. The standard InChI is InChI=1S/C18H32O45S10/c19-64(20,21)50-2-6-9(56-18-16(63-73(46,47)48)14(61-71(40,41)42)12(59-69(34,35)36)8(55-18)4-52-66(25,26)27)13(60-70(37,38)39)15(62-72(43,44)45)17(54-6)49-1-5-10(57-67(28,29)30)11(58-68(31,32)33)7(53-5)3-51-65(22,23)24/h5-18H,1-4H2,(H,19,20,21)(H,22,23,24)(H,25,26,27)(H,28,29,30)(H,31,32,33)(H,34,35,36)(H,37,38,39)(H,40,41,42)(H,43,44,45)(H,46,47,48)/t5-,6-,7-,8-,9-,10-,11-,12-,13+,14+,15-,16-,17-,18-/m1/s1. The Morgan fingerprint density at radius 3 is 0.822 bits per heavy atom. The van der Waals surface area contributed by atoms with E-state index < -0.39 is 216 Å². The quantitative estimate of drug-likeness (QED) is 0.0325. The lowest BCUT2D eigenvalue weighted by Gasteiger charge is -2.48. The van der Waals surface area contributed by atoms with E-state index in [1.165, 1.54) is 0 Å². The molecule has 3 aliphatic rings. The Hall–Kier alpha value is -1.50. The van der Waals surface area contributed by atoms with E-state index in [0.29, 0.717) is 0 Å². The van der Waals surface area contributed by atoms with E-state index in [4.69, 9.17) is 32.8 Å². The molecule has 0 saturated carbocycles. The molecule has 10 N–H and O–H groups in total. The first-order chi connectivity index (χ1) is 32.4. The zero-order valence-corrected chi connectivity index (χ0v) is 41.9. The van der Waals surface area contributed by atoms with E-state index in [1.54, 1.807) is 0 Å². The first-order valence-corrected chi connectivity index (χ1v) is 30.7. The Labute approximate surface area is 409 Å². The molecule has 0 aromatic carbocycles. The molecule has 0 unspecified atom stereocenters. The molecule has 0 aromatic rings. The van der Waals surface area contributed by atoms with Crippen molar-refractivity contribution in [2.45, 2.75) is 85.8 Å². The van der Waals surface area contributed by atoms with Gasteiger partial charge in [0.05, 0.1) is 26.4 Å². The lowest BCUT2D eigenvalue weighted by Crippen LogP contribution is -2.67. The number of hydrogen-bond acceptors (Lipinski definition) is 35. The highest BCUT2D eigenvalue weighted by Crippen LogP contribution is 2.38. The molecule has 3 saturated heterocycles. The lowest BCUT2D eigenvalue weighted by molar-refractivity contribution is -0.349. The Balaban J connectivity index is 2.36. The molecule has 0 radical (unpaired) electrons. The summed E-state index contributed by atoms with van der Waals surface area (Å²) in [5, 5.41) is 0. The molecule has 3 fully saturated rings. The average Bonchev–Trinajstić information content (AvgIpc) is 3.41. The van der Waals surface area contributed by atoms with Crippen molar-refractivity contribution in [3.63, 3.8) is 0 Å². The van der Waals surface area contributed by atoms with Gasteiger partial charge in [0.25, 0.3) is 0 Å². The van der Waals surface area contributed by atoms with Crippen LogP contribution >= 0.6 is 0 Å². The molecule has 73 heavy (non-hydrogen) atoms. The summed E-state index contributed by atoms with van der Waals surface area (Å²) in [6.45, 7) is -7.48. The van der Waals surface area contributed by atoms with Crippen molar-refractivity contribution in [1.29, 1.82) is 0 Å². The van der Waals surface area contributed by atoms with Gasteiger partial charge in [0.2, 0.25) is 0 Å². The van der Waals surface area contributed by atoms with Crippen molar-refractivity contribution in [3.05, 3.63) is 0 Å². The van der Waals surface area contributed by atoms with Crippen LogP contribution in [0.15, 0.2) is 0 Å². The maximum atomic E-state index is 12.3. The van der Waals surface area contributed by atoms with E-state index in [0.717, 1.165) is 0 Å². The fraction of sp³-hybridized carbons (Fsp3) is 1.00. The van der Waals surface area contributed by atoms with Crippen molar-refractivity contribution in [2.75, 3.05) is 26.4 Å².